The minimum atomic E-state index is -0.264. The van der Waals surface area contributed by atoms with E-state index < -0.39 is 0 Å². The molecule has 0 spiro atoms. The fourth-order valence-corrected chi connectivity index (χ4v) is 1.32. The van der Waals surface area contributed by atoms with Crippen LogP contribution in [0.25, 0.3) is 5.73 Å². The maximum absolute atomic E-state index is 7.69. The molecule has 1 N–H and O–H groups in total. The van der Waals surface area contributed by atoms with E-state index in [0.717, 1.165) is 12.8 Å². The molecular weight excluding hydrogens is 232 g/mol. The number of rotatable bonds is 3. The van der Waals surface area contributed by atoms with Crippen LogP contribution in [0, 0.1) is 5.41 Å². The molecule has 0 bridgehead atoms. The van der Waals surface area contributed by atoms with Crippen LogP contribution in [0.3, 0.4) is 0 Å². The molecule has 0 heterocycles. The van der Waals surface area contributed by atoms with Gasteiger partial charge in [0.1, 0.15) is 0 Å². The Bertz CT molecular complexity index is 103. The molecule has 0 saturated heterocycles. The van der Waals surface area contributed by atoms with Crippen molar-refractivity contribution in [3.8, 4) is 0 Å². The zero-order chi connectivity index (χ0) is 10.4. The molecule has 0 atom stereocenters. The molecule has 0 aliphatic carbocycles. The van der Waals surface area contributed by atoms with Gasteiger partial charge in [-0.15, -0.1) is 5.54 Å². The summed E-state index contributed by atoms with van der Waals surface area (Å²) < 4.78 is 0. The smallest absolute Gasteiger partial charge is 0.672 e. The molecule has 0 fully saturated rings. The summed E-state index contributed by atoms with van der Waals surface area (Å²) in [5, 5.41) is 0. The second-order valence-corrected chi connectivity index (χ2v) is 4.58. The van der Waals surface area contributed by atoms with Crippen molar-refractivity contribution in [3.05, 3.63) is 5.73 Å². The van der Waals surface area contributed by atoms with Crippen LogP contribution in [0.2, 0.25) is 0 Å². The summed E-state index contributed by atoms with van der Waals surface area (Å²) in [6.45, 7) is 14.6. The van der Waals surface area contributed by atoms with E-state index in [1.807, 2.05) is 27.7 Å². The third kappa shape index (κ3) is 16.4. The summed E-state index contributed by atoms with van der Waals surface area (Å²) in [6, 6.07) is 0. The van der Waals surface area contributed by atoms with Crippen LogP contribution in [-0.4, -0.2) is 5.54 Å². The average Bonchev–Trinajstić information content (AvgIpc) is 1.88. The molecule has 0 aliphatic heterocycles. The standard InChI is InChI=1S/C9H20N.C2H6.Rb/c1-6-8(2,3)7-9(4,5)10;1-2;/h10H,6-7H2,1-5H3;1-2H3;/q-1;;+1. The van der Waals surface area contributed by atoms with Gasteiger partial charge in [-0.05, 0) is 5.41 Å². The first-order chi connectivity index (χ1) is 5.27. The Labute approximate surface area is 134 Å². The third-order valence-electron chi connectivity index (χ3n) is 1.88. The second kappa shape index (κ2) is 9.02. The zero-order valence-electron chi connectivity index (χ0n) is 10.9. The molecule has 0 aromatic rings. The van der Waals surface area contributed by atoms with E-state index >= 15 is 0 Å². The molecule has 2 heteroatoms. The Hall–Kier alpha value is 1.77. The predicted molar refractivity (Wildman–Crippen MR) is 58.4 cm³/mol. The van der Waals surface area contributed by atoms with Crippen molar-refractivity contribution in [1.29, 1.82) is 0 Å². The van der Waals surface area contributed by atoms with Gasteiger partial charge in [0.25, 0.3) is 0 Å². The molecule has 76 valence electrons. The largest absolute Gasteiger partial charge is 1.00 e. The fraction of sp³-hybridized carbons (Fsp3) is 1.00. The summed E-state index contributed by atoms with van der Waals surface area (Å²) in [7, 11) is 0. The fourth-order valence-electron chi connectivity index (χ4n) is 1.32. The molecule has 0 unspecified atom stereocenters. The Morgan fingerprint density at radius 3 is 1.38 bits per heavy atom. The van der Waals surface area contributed by atoms with Crippen LogP contribution in [-0.2, 0) is 0 Å². The first kappa shape index (κ1) is 20.2. The SMILES string of the molecule is CC.CCC(C)(C)CC(C)(C)[NH-].[Rb+]. The van der Waals surface area contributed by atoms with Crippen molar-refractivity contribution in [3.63, 3.8) is 0 Å². The van der Waals surface area contributed by atoms with Crippen LogP contribution < -0.4 is 58.2 Å². The van der Waals surface area contributed by atoms with Crippen molar-refractivity contribution in [2.45, 2.75) is 66.8 Å². The van der Waals surface area contributed by atoms with Gasteiger partial charge >= 0.3 is 58.2 Å². The summed E-state index contributed by atoms with van der Waals surface area (Å²) in [5.41, 5.74) is 7.76. The van der Waals surface area contributed by atoms with Crippen LogP contribution >= 0.6 is 0 Å². The molecule has 0 aromatic carbocycles. The molecule has 0 rings (SSSR count). The Morgan fingerprint density at radius 2 is 1.31 bits per heavy atom. The maximum atomic E-state index is 7.69. The van der Waals surface area contributed by atoms with Gasteiger partial charge in [-0.2, -0.15) is 0 Å². The van der Waals surface area contributed by atoms with Gasteiger partial charge in [0.15, 0.2) is 0 Å². The summed E-state index contributed by atoms with van der Waals surface area (Å²) >= 11 is 0. The second-order valence-electron chi connectivity index (χ2n) is 4.58. The molecule has 1 nitrogen and oxygen atoms in total. The van der Waals surface area contributed by atoms with E-state index in [1.54, 1.807) is 0 Å². The normalized spacial score (nSPS) is 11.1. The van der Waals surface area contributed by atoms with Crippen LogP contribution in [0.5, 0.6) is 0 Å². The van der Waals surface area contributed by atoms with Crippen molar-refractivity contribution < 1.29 is 58.2 Å². The average molecular weight is 258 g/mol. The maximum Gasteiger partial charge on any atom is 1.00 e. The quantitative estimate of drug-likeness (QED) is 0.735. The van der Waals surface area contributed by atoms with Crippen molar-refractivity contribution >= 4 is 0 Å². The van der Waals surface area contributed by atoms with E-state index in [4.69, 9.17) is 5.73 Å². The molecular formula is C11H26NRb. The zero-order valence-corrected chi connectivity index (χ0v) is 15.8. The van der Waals surface area contributed by atoms with E-state index in [9.17, 15) is 0 Å². The van der Waals surface area contributed by atoms with E-state index in [-0.39, 0.29) is 63.7 Å². The third-order valence-corrected chi connectivity index (χ3v) is 1.88. The minimum absolute atomic E-state index is 0. The van der Waals surface area contributed by atoms with Gasteiger partial charge in [0.2, 0.25) is 0 Å². The van der Waals surface area contributed by atoms with Crippen LogP contribution in [0.4, 0.5) is 0 Å². The molecule has 13 heavy (non-hydrogen) atoms. The number of nitrogens with one attached hydrogen (secondary N) is 1. The predicted octanol–water partition coefficient (Wildman–Crippen LogP) is 1.67. The van der Waals surface area contributed by atoms with Crippen molar-refractivity contribution in [1.82, 2.24) is 0 Å². The van der Waals surface area contributed by atoms with Gasteiger partial charge in [-0.3, -0.25) is 0 Å². The Kier molecular flexibility index (Phi) is 14.0. The molecule has 0 radical (unpaired) electrons. The van der Waals surface area contributed by atoms with Crippen molar-refractivity contribution in [2.75, 3.05) is 0 Å². The Balaban J connectivity index is -0.000000309. The molecule has 0 aliphatic rings. The summed E-state index contributed by atoms with van der Waals surface area (Å²) in [5.74, 6) is 0. The number of hydrogen-bond donors (Lipinski definition) is 0. The van der Waals surface area contributed by atoms with Crippen LogP contribution in [0.1, 0.15) is 61.3 Å². The van der Waals surface area contributed by atoms with Gasteiger partial charge < -0.3 is 5.73 Å². The Morgan fingerprint density at radius 1 is 1.00 bits per heavy atom. The summed E-state index contributed by atoms with van der Waals surface area (Å²) in [6.07, 6.45) is 2.14. The molecule has 0 amide bonds. The summed E-state index contributed by atoms with van der Waals surface area (Å²) in [4.78, 5) is 0. The number of hydrogen-bond acceptors (Lipinski definition) is 0. The minimum Gasteiger partial charge on any atom is -0.672 e. The first-order valence-corrected chi connectivity index (χ1v) is 5.02. The first-order valence-electron chi connectivity index (χ1n) is 5.02. The van der Waals surface area contributed by atoms with Gasteiger partial charge in [0, 0.05) is 0 Å². The van der Waals surface area contributed by atoms with E-state index in [0.29, 0.717) is 5.41 Å². The van der Waals surface area contributed by atoms with Gasteiger partial charge in [-0.1, -0.05) is 61.3 Å². The van der Waals surface area contributed by atoms with E-state index in [1.165, 1.54) is 0 Å². The molecule has 0 aromatic heterocycles. The van der Waals surface area contributed by atoms with Gasteiger partial charge in [-0.25, -0.2) is 0 Å². The topological polar surface area (TPSA) is 23.8 Å². The van der Waals surface area contributed by atoms with Crippen molar-refractivity contribution in [2.24, 2.45) is 5.41 Å². The van der Waals surface area contributed by atoms with E-state index in [2.05, 4.69) is 20.8 Å². The monoisotopic (exact) mass is 257 g/mol. The van der Waals surface area contributed by atoms with Gasteiger partial charge in [0.05, 0.1) is 0 Å². The molecule has 0 saturated carbocycles. The van der Waals surface area contributed by atoms with Crippen LogP contribution in [0.15, 0.2) is 0 Å².